The van der Waals surface area contributed by atoms with Crippen LogP contribution in [0.2, 0.25) is 0 Å². The van der Waals surface area contributed by atoms with Crippen LogP contribution in [0.3, 0.4) is 0 Å². The van der Waals surface area contributed by atoms with Gasteiger partial charge in [0.15, 0.2) is 0 Å². The van der Waals surface area contributed by atoms with E-state index in [1.54, 1.807) is 24.3 Å². The Morgan fingerprint density at radius 1 is 0.900 bits per heavy atom. The monoisotopic (exact) mass is 424 g/mol. The number of nitrogens with zero attached hydrogens (tertiary/aromatic N) is 1. The number of hydrogen-bond donors (Lipinski definition) is 1. The zero-order valence-electron chi connectivity index (χ0n) is 16.9. The van der Waals surface area contributed by atoms with E-state index in [9.17, 15) is 13.2 Å². The van der Waals surface area contributed by atoms with E-state index in [4.69, 9.17) is 4.74 Å². The first kappa shape index (κ1) is 21.4. The minimum atomic E-state index is -3.64. The quantitative estimate of drug-likeness (QED) is 0.596. The fourth-order valence-corrected chi connectivity index (χ4v) is 3.65. The van der Waals surface area contributed by atoms with Crippen molar-refractivity contribution in [3.63, 3.8) is 0 Å². The lowest BCUT2D eigenvalue weighted by atomic mass is 10.1. The Morgan fingerprint density at radius 2 is 1.50 bits per heavy atom. The first-order valence-corrected chi connectivity index (χ1v) is 11.3. The molecule has 7 heteroatoms. The van der Waals surface area contributed by atoms with Crippen molar-refractivity contribution in [1.82, 2.24) is 5.32 Å². The van der Waals surface area contributed by atoms with Crippen molar-refractivity contribution in [2.45, 2.75) is 13.5 Å². The third kappa shape index (κ3) is 6.09. The molecule has 1 amide bonds. The highest BCUT2D eigenvalue weighted by Gasteiger charge is 2.20. The minimum absolute atomic E-state index is 0.302. The summed E-state index contributed by atoms with van der Waals surface area (Å²) in [6, 6.07) is 23.6. The van der Waals surface area contributed by atoms with Gasteiger partial charge in [0.25, 0.3) is 0 Å². The Morgan fingerprint density at radius 3 is 2.10 bits per heavy atom. The Bertz CT molecular complexity index is 1080. The number of ether oxygens (including phenoxy) is 1. The van der Waals surface area contributed by atoms with Crippen LogP contribution in [0.4, 0.5) is 5.69 Å². The van der Waals surface area contributed by atoms with Crippen LogP contribution >= 0.6 is 0 Å². The van der Waals surface area contributed by atoms with E-state index < -0.39 is 10.0 Å². The zero-order chi connectivity index (χ0) is 21.6. The van der Waals surface area contributed by atoms with Crippen LogP contribution in [0.25, 0.3) is 0 Å². The van der Waals surface area contributed by atoms with E-state index in [0.29, 0.717) is 23.7 Å². The summed E-state index contributed by atoms with van der Waals surface area (Å²) in [7, 11) is -3.64. The van der Waals surface area contributed by atoms with Gasteiger partial charge in [-0.1, -0.05) is 48.0 Å². The van der Waals surface area contributed by atoms with Gasteiger partial charge in [-0.15, -0.1) is 0 Å². The second-order valence-electron chi connectivity index (χ2n) is 6.94. The summed E-state index contributed by atoms with van der Waals surface area (Å²) < 4.78 is 31.3. The fourth-order valence-electron chi connectivity index (χ4n) is 2.80. The molecular weight excluding hydrogens is 400 g/mol. The van der Waals surface area contributed by atoms with E-state index >= 15 is 0 Å². The molecule has 0 radical (unpaired) electrons. The topological polar surface area (TPSA) is 75.7 Å². The molecule has 0 saturated heterocycles. The van der Waals surface area contributed by atoms with Crippen LogP contribution in [0, 0.1) is 6.92 Å². The van der Waals surface area contributed by atoms with Crippen LogP contribution < -0.4 is 14.4 Å². The molecule has 0 heterocycles. The highest BCUT2D eigenvalue weighted by molar-refractivity contribution is 7.92. The molecule has 0 bridgehead atoms. The van der Waals surface area contributed by atoms with E-state index in [1.165, 1.54) is 0 Å². The average molecular weight is 425 g/mol. The number of aryl methyl sites for hydroxylation is 1. The van der Waals surface area contributed by atoms with Crippen LogP contribution in [-0.2, 0) is 21.4 Å². The van der Waals surface area contributed by atoms with Gasteiger partial charge >= 0.3 is 0 Å². The number of benzene rings is 3. The van der Waals surface area contributed by atoms with Gasteiger partial charge in [-0.05, 0) is 48.9 Å². The summed E-state index contributed by atoms with van der Waals surface area (Å²) in [6.07, 6.45) is 1.08. The normalized spacial score (nSPS) is 11.0. The molecule has 30 heavy (non-hydrogen) atoms. The lowest BCUT2D eigenvalue weighted by molar-refractivity contribution is -0.119. The highest BCUT2D eigenvalue weighted by Crippen LogP contribution is 2.25. The minimum Gasteiger partial charge on any atom is -0.457 e. The second-order valence-corrected chi connectivity index (χ2v) is 8.85. The van der Waals surface area contributed by atoms with Gasteiger partial charge < -0.3 is 10.1 Å². The Balaban J connectivity index is 1.66. The lowest BCUT2D eigenvalue weighted by Crippen LogP contribution is -2.40. The molecule has 0 spiro atoms. The molecule has 0 fully saturated rings. The number of para-hydroxylation sites is 1. The summed E-state index contributed by atoms with van der Waals surface area (Å²) in [6.45, 7) is 2.02. The van der Waals surface area contributed by atoms with Crippen LogP contribution in [0.5, 0.6) is 11.5 Å². The zero-order valence-corrected chi connectivity index (χ0v) is 17.7. The summed E-state index contributed by atoms with van der Waals surface area (Å²) in [5.41, 5.74) is 2.47. The first-order chi connectivity index (χ1) is 14.3. The maximum Gasteiger partial charge on any atom is 0.241 e. The molecule has 3 aromatic rings. The van der Waals surface area contributed by atoms with E-state index in [2.05, 4.69) is 5.32 Å². The Hall–Kier alpha value is -3.32. The van der Waals surface area contributed by atoms with Crippen molar-refractivity contribution in [2.75, 3.05) is 17.1 Å². The predicted molar refractivity (Wildman–Crippen MR) is 118 cm³/mol. The summed E-state index contributed by atoms with van der Waals surface area (Å²) >= 11 is 0. The molecule has 0 aromatic heterocycles. The number of carbonyl (C=O) groups is 1. The SMILES string of the molecule is Cc1ccc(CNC(=O)CN(c2ccc(Oc3ccccc3)cc2)S(C)(=O)=O)cc1. The molecule has 3 aromatic carbocycles. The molecule has 156 valence electrons. The molecular formula is C23H24N2O4S. The standard InChI is InChI=1S/C23H24N2O4S/c1-18-8-10-19(11-9-18)16-24-23(26)17-25(30(2,27)28)20-12-14-22(15-13-20)29-21-6-4-3-5-7-21/h3-15H,16-17H2,1-2H3,(H,24,26). The lowest BCUT2D eigenvalue weighted by Gasteiger charge is -2.22. The number of sulfonamides is 1. The van der Waals surface area contributed by atoms with Gasteiger partial charge in [0.1, 0.15) is 18.0 Å². The third-order valence-corrected chi connectivity index (χ3v) is 5.54. The largest absolute Gasteiger partial charge is 0.457 e. The van der Waals surface area contributed by atoms with Gasteiger partial charge in [0.05, 0.1) is 11.9 Å². The fraction of sp³-hybridized carbons (Fsp3) is 0.174. The maximum absolute atomic E-state index is 12.4. The van der Waals surface area contributed by atoms with E-state index in [1.807, 2.05) is 61.5 Å². The van der Waals surface area contributed by atoms with Gasteiger partial charge in [-0.2, -0.15) is 0 Å². The molecule has 3 rings (SSSR count). The molecule has 0 saturated carbocycles. The molecule has 1 N–H and O–H groups in total. The third-order valence-electron chi connectivity index (χ3n) is 4.40. The summed E-state index contributed by atoms with van der Waals surface area (Å²) in [5.74, 6) is 0.869. The molecule has 0 atom stereocenters. The van der Waals surface area contributed by atoms with Gasteiger partial charge in [0, 0.05) is 6.54 Å². The number of amides is 1. The second kappa shape index (κ2) is 9.45. The van der Waals surface area contributed by atoms with Crippen molar-refractivity contribution in [3.8, 4) is 11.5 Å². The number of nitrogens with one attached hydrogen (secondary N) is 1. The van der Waals surface area contributed by atoms with Crippen molar-refractivity contribution >= 4 is 21.6 Å². The van der Waals surface area contributed by atoms with Crippen molar-refractivity contribution in [3.05, 3.63) is 90.0 Å². The van der Waals surface area contributed by atoms with Crippen molar-refractivity contribution in [1.29, 1.82) is 0 Å². The number of carbonyl (C=O) groups excluding carboxylic acids is 1. The van der Waals surface area contributed by atoms with Crippen LogP contribution in [0.1, 0.15) is 11.1 Å². The van der Waals surface area contributed by atoms with E-state index in [-0.39, 0.29) is 12.5 Å². The van der Waals surface area contributed by atoms with Gasteiger partial charge in [-0.25, -0.2) is 8.42 Å². The predicted octanol–water partition coefficient (Wildman–Crippen LogP) is 3.87. The number of hydrogen-bond acceptors (Lipinski definition) is 4. The smallest absolute Gasteiger partial charge is 0.241 e. The highest BCUT2D eigenvalue weighted by atomic mass is 32.2. The Kier molecular flexibility index (Phi) is 6.74. The molecule has 0 unspecified atom stereocenters. The number of anilines is 1. The van der Waals surface area contributed by atoms with E-state index in [0.717, 1.165) is 21.7 Å². The average Bonchev–Trinajstić information content (AvgIpc) is 2.72. The molecule has 6 nitrogen and oxygen atoms in total. The molecule has 0 aliphatic heterocycles. The molecule has 0 aliphatic rings. The van der Waals surface area contributed by atoms with Gasteiger partial charge in [-0.3, -0.25) is 9.10 Å². The number of rotatable bonds is 8. The van der Waals surface area contributed by atoms with Gasteiger partial charge in [0.2, 0.25) is 15.9 Å². The van der Waals surface area contributed by atoms with Crippen LogP contribution in [0.15, 0.2) is 78.9 Å². The maximum atomic E-state index is 12.4. The van der Waals surface area contributed by atoms with Crippen molar-refractivity contribution in [2.24, 2.45) is 0 Å². The van der Waals surface area contributed by atoms with Crippen LogP contribution in [-0.4, -0.2) is 27.1 Å². The Labute approximate surface area is 177 Å². The summed E-state index contributed by atoms with van der Waals surface area (Å²) in [5, 5.41) is 2.77. The first-order valence-electron chi connectivity index (χ1n) is 9.44. The molecule has 0 aliphatic carbocycles. The summed E-state index contributed by atoms with van der Waals surface area (Å²) in [4.78, 5) is 12.4. The van der Waals surface area contributed by atoms with Crippen molar-refractivity contribution < 1.29 is 17.9 Å².